The van der Waals surface area contributed by atoms with Gasteiger partial charge in [0.25, 0.3) is 0 Å². The molecule has 0 atom stereocenters. The summed E-state index contributed by atoms with van der Waals surface area (Å²) in [7, 11) is 0. The Balaban J connectivity index is 1.56. The normalized spacial score (nSPS) is 11.2. The molecule has 0 unspecified atom stereocenters. The minimum atomic E-state index is -0.0746. The Labute approximate surface area is 194 Å². The Morgan fingerprint density at radius 3 is 2.62 bits per heavy atom. The van der Waals surface area contributed by atoms with Crippen molar-refractivity contribution in [2.45, 2.75) is 13.5 Å². The van der Waals surface area contributed by atoms with E-state index < -0.39 is 0 Å². The van der Waals surface area contributed by atoms with Gasteiger partial charge in [0.15, 0.2) is 5.78 Å². The quantitative estimate of drug-likeness (QED) is 0.309. The van der Waals surface area contributed by atoms with Gasteiger partial charge in [-0.15, -0.1) is 5.10 Å². The molecule has 0 radical (unpaired) electrons. The fourth-order valence-electron chi connectivity index (χ4n) is 3.66. The van der Waals surface area contributed by atoms with Crippen LogP contribution in [-0.2, 0) is 6.54 Å². The molecule has 8 heteroatoms. The first kappa shape index (κ1) is 20.4. The van der Waals surface area contributed by atoms with Crippen molar-refractivity contribution in [1.82, 2.24) is 24.4 Å². The number of Topliss-reactive ketones (excluding diaryl/α,β-unsaturated/α-hetero) is 1. The van der Waals surface area contributed by atoms with Gasteiger partial charge < -0.3 is 0 Å². The van der Waals surface area contributed by atoms with E-state index in [-0.39, 0.29) is 5.78 Å². The van der Waals surface area contributed by atoms with Gasteiger partial charge in [-0.05, 0) is 48.9 Å². The number of fused-ring (bicyclic) bond motifs is 1. The zero-order valence-corrected chi connectivity index (χ0v) is 18.5. The third kappa shape index (κ3) is 3.79. The lowest BCUT2D eigenvalue weighted by atomic mass is 10.1. The van der Waals surface area contributed by atoms with E-state index in [9.17, 15) is 4.79 Å². The lowest BCUT2D eigenvalue weighted by molar-refractivity contribution is 0.101. The molecule has 3 aromatic heterocycles. The van der Waals surface area contributed by atoms with E-state index in [0.717, 1.165) is 28.2 Å². The predicted octanol–water partition coefficient (Wildman–Crippen LogP) is 5.82. The molecule has 2 aromatic carbocycles. The maximum Gasteiger partial charge on any atom is 0.161 e. The highest BCUT2D eigenvalue weighted by molar-refractivity contribution is 6.33. The van der Waals surface area contributed by atoms with E-state index >= 15 is 0 Å². The number of hydrogen-bond donors (Lipinski definition) is 0. The number of hydrogen-bond acceptors (Lipinski definition) is 4. The molecular formula is C24H17Cl2N5O. The monoisotopic (exact) mass is 461 g/mol. The van der Waals surface area contributed by atoms with Crippen molar-refractivity contribution in [3.63, 3.8) is 0 Å². The molecule has 6 nitrogen and oxygen atoms in total. The average Bonchev–Trinajstić information content (AvgIpc) is 3.39. The molecule has 0 fully saturated rings. The van der Waals surface area contributed by atoms with Crippen molar-refractivity contribution in [3.8, 4) is 22.6 Å². The fourth-order valence-corrected chi connectivity index (χ4v) is 4.04. The summed E-state index contributed by atoms with van der Waals surface area (Å²) < 4.78 is 3.73. The summed E-state index contributed by atoms with van der Waals surface area (Å²) in [5, 5.41) is 9.83. The van der Waals surface area contributed by atoms with Crippen LogP contribution in [-0.4, -0.2) is 30.2 Å². The zero-order valence-electron chi connectivity index (χ0n) is 17.0. The smallest absolute Gasteiger partial charge is 0.161 e. The Morgan fingerprint density at radius 1 is 1.03 bits per heavy atom. The van der Waals surface area contributed by atoms with Gasteiger partial charge in [0, 0.05) is 22.3 Å². The van der Waals surface area contributed by atoms with Crippen molar-refractivity contribution in [3.05, 3.63) is 94.2 Å². The molecule has 0 amide bonds. The second kappa shape index (κ2) is 8.22. The molecule has 0 aliphatic carbocycles. The molecule has 5 rings (SSSR count). The van der Waals surface area contributed by atoms with Crippen LogP contribution in [0.15, 0.2) is 73.1 Å². The van der Waals surface area contributed by atoms with Crippen molar-refractivity contribution < 1.29 is 4.79 Å². The average molecular weight is 462 g/mol. The molecule has 32 heavy (non-hydrogen) atoms. The van der Waals surface area contributed by atoms with Crippen molar-refractivity contribution in [1.29, 1.82) is 0 Å². The second-order valence-corrected chi connectivity index (χ2v) is 8.26. The van der Waals surface area contributed by atoms with Crippen LogP contribution in [0.25, 0.3) is 28.3 Å². The number of rotatable bonds is 5. The highest BCUT2D eigenvalue weighted by Crippen LogP contribution is 2.32. The van der Waals surface area contributed by atoms with Crippen LogP contribution in [0.2, 0.25) is 10.0 Å². The van der Waals surface area contributed by atoms with Gasteiger partial charge in [0.1, 0.15) is 17.0 Å². The first-order valence-electron chi connectivity index (χ1n) is 9.92. The van der Waals surface area contributed by atoms with E-state index in [4.69, 9.17) is 28.2 Å². The summed E-state index contributed by atoms with van der Waals surface area (Å²) in [4.78, 5) is 16.6. The first-order valence-corrected chi connectivity index (χ1v) is 10.7. The van der Waals surface area contributed by atoms with Gasteiger partial charge in [0.2, 0.25) is 0 Å². The van der Waals surface area contributed by atoms with Crippen LogP contribution in [0.5, 0.6) is 0 Å². The van der Waals surface area contributed by atoms with Gasteiger partial charge in [0.05, 0.1) is 23.5 Å². The number of aromatic nitrogens is 5. The maximum atomic E-state index is 11.8. The van der Waals surface area contributed by atoms with Gasteiger partial charge >= 0.3 is 0 Å². The molecule has 0 N–H and O–H groups in total. The van der Waals surface area contributed by atoms with Crippen molar-refractivity contribution in [2.75, 3.05) is 0 Å². The van der Waals surface area contributed by atoms with Crippen LogP contribution < -0.4 is 0 Å². The zero-order chi connectivity index (χ0) is 22.2. The van der Waals surface area contributed by atoms with Gasteiger partial charge in [-0.25, -0.2) is 9.67 Å². The number of carbonyl (C=O) groups excluding carboxylic acids is 1. The van der Waals surface area contributed by atoms with Gasteiger partial charge in [-0.3, -0.25) is 9.20 Å². The predicted molar refractivity (Wildman–Crippen MR) is 125 cm³/mol. The van der Waals surface area contributed by atoms with Crippen LogP contribution >= 0.6 is 23.2 Å². The molecular weight excluding hydrogens is 445 g/mol. The minimum absolute atomic E-state index is 0.0746. The molecule has 0 saturated carbocycles. The maximum absolute atomic E-state index is 11.8. The summed E-state index contributed by atoms with van der Waals surface area (Å²) in [5.41, 5.74) is 5.48. The summed E-state index contributed by atoms with van der Waals surface area (Å²) in [6, 6.07) is 18.8. The van der Waals surface area contributed by atoms with Crippen LogP contribution in [0.1, 0.15) is 22.8 Å². The van der Waals surface area contributed by atoms with Crippen LogP contribution in [0.3, 0.4) is 0 Å². The van der Waals surface area contributed by atoms with Gasteiger partial charge in [-0.1, -0.05) is 52.7 Å². The highest BCUT2D eigenvalue weighted by atomic mass is 35.5. The Hall–Kier alpha value is -3.48. The number of halogens is 2. The number of imidazole rings is 1. The molecule has 0 aliphatic rings. The topological polar surface area (TPSA) is 65.1 Å². The van der Waals surface area contributed by atoms with Crippen LogP contribution in [0.4, 0.5) is 0 Å². The SMILES string of the molecule is CC(=O)c1cc(Cn2cc(-c3c(-c4ccc(Cl)cc4)nc4ccccn34)nn2)ccc1Cl. The number of pyridine rings is 1. The third-order valence-corrected chi connectivity index (χ3v) is 5.77. The van der Waals surface area contributed by atoms with E-state index in [1.165, 1.54) is 6.92 Å². The summed E-state index contributed by atoms with van der Waals surface area (Å²) in [5.74, 6) is -0.0746. The first-order chi connectivity index (χ1) is 15.5. The van der Waals surface area contributed by atoms with E-state index in [1.54, 1.807) is 16.8 Å². The van der Waals surface area contributed by atoms with Crippen molar-refractivity contribution in [2.24, 2.45) is 0 Å². The van der Waals surface area contributed by atoms with E-state index in [1.807, 2.05) is 65.3 Å². The molecule has 5 aromatic rings. The Morgan fingerprint density at radius 2 is 1.84 bits per heavy atom. The van der Waals surface area contributed by atoms with E-state index in [0.29, 0.717) is 27.8 Å². The standard InChI is InChI=1S/C24H17Cl2N5O/c1-15(32)19-12-16(5-10-20(19)26)13-30-14-21(28-29-30)24-23(17-6-8-18(25)9-7-17)27-22-4-2-3-11-31(22)24/h2-12,14H,13H2,1H3. The number of benzene rings is 2. The number of ketones is 1. The number of carbonyl (C=O) groups is 1. The molecule has 0 aliphatic heterocycles. The molecule has 0 spiro atoms. The third-order valence-electron chi connectivity index (χ3n) is 5.18. The summed E-state index contributed by atoms with van der Waals surface area (Å²) in [6.07, 6.45) is 3.83. The Bertz CT molecular complexity index is 1450. The Kier molecular flexibility index (Phi) is 5.25. The molecule has 0 saturated heterocycles. The largest absolute Gasteiger partial charge is 0.298 e. The molecule has 158 valence electrons. The number of nitrogens with zero attached hydrogens (tertiary/aromatic N) is 5. The van der Waals surface area contributed by atoms with Crippen molar-refractivity contribution >= 4 is 34.6 Å². The minimum Gasteiger partial charge on any atom is -0.298 e. The summed E-state index contributed by atoms with van der Waals surface area (Å²) >= 11 is 12.2. The van der Waals surface area contributed by atoms with E-state index in [2.05, 4.69) is 10.3 Å². The fraction of sp³-hybridized carbons (Fsp3) is 0.0833. The summed E-state index contributed by atoms with van der Waals surface area (Å²) in [6.45, 7) is 1.96. The lowest BCUT2D eigenvalue weighted by Gasteiger charge is -2.05. The molecule has 3 heterocycles. The lowest BCUT2D eigenvalue weighted by Crippen LogP contribution is -2.02. The van der Waals surface area contributed by atoms with Gasteiger partial charge in [-0.2, -0.15) is 0 Å². The van der Waals surface area contributed by atoms with Crippen LogP contribution in [0, 0.1) is 0 Å². The molecule has 0 bridgehead atoms. The second-order valence-electron chi connectivity index (χ2n) is 7.42. The highest BCUT2D eigenvalue weighted by Gasteiger charge is 2.19.